The molecule has 35 heavy (non-hydrogen) atoms. The quantitative estimate of drug-likeness (QED) is 0.587. The van der Waals surface area contributed by atoms with Crippen molar-refractivity contribution in [2.24, 2.45) is 5.92 Å². The summed E-state index contributed by atoms with van der Waals surface area (Å²) >= 11 is 12.1. The molecular weight excluding hydrogens is 485 g/mol. The van der Waals surface area contributed by atoms with Crippen molar-refractivity contribution in [1.29, 1.82) is 0 Å². The number of piperidine rings is 1. The summed E-state index contributed by atoms with van der Waals surface area (Å²) in [4.78, 5) is 40.6. The first-order chi connectivity index (χ1) is 16.8. The maximum atomic E-state index is 13.1. The third kappa shape index (κ3) is 6.17. The summed E-state index contributed by atoms with van der Waals surface area (Å²) in [5, 5.41) is 7.18. The molecule has 1 heterocycles. The highest BCUT2D eigenvalue weighted by molar-refractivity contribution is 6.36. The van der Waals surface area contributed by atoms with Crippen molar-refractivity contribution in [2.75, 3.05) is 13.1 Å². The SMILES string of the molecule is Cc1ccccc1C(=O)N[C@@H]1CCCC[C@H]1NC(=O)C1CCN(C(=O)c2ccc(Cl)cc2Cl)CC1. The van der Waals surface area contributed by atoms with Crippen LogP contribution in [-0.2, 0) is 4.79 Å². The van der Waals surface area contributed by atoms with Gasteiger partial charge in [0, 0.05) is 41.7 Å². The number of nitrogens with zero attached hydrogens (tertiary/aromatic N) is 1. The summed E-state index contributed by atoms with van der Waals surface area (Å²) in [5.74, 6) is -0.392. The van der Waals surface area contributed by atoms with Crippen molar-refractivity contribution < 1.29 is 14.4 Å². The molecular formula is C27H31Cl2N3O3. The number of carbonyl (C=O) groups excluding carboxylic acids is 3. The topological polar surface area (TPSA) is 78.5 Å². The zero-order valence-corrected chi connectivity index (χ0v) is 21.4. The van der Waals surface area contributed by atoms with Crippen LogP contribution >= 0.6 is 23.2 Å². The number of hydrogen-bond acceptors (Lipinski definition) is 3. The van der Waals surface area contributed by atoms with Gasteiger partial charge in [-0.1, -0.05) is 54.2 Å². The van der Waals surface area contributed by atoms with Crippen molar-refractivity contribution in [2.45, 2.75) is 57.5 Å². The lowest BCUT2D eigenvalue weighted by molar-refractivity contribution is -0.127. The van der Waals surface area contributed by atoms with Gasteiger partial charge in [-0.25, -0.2) is 0 Å². The molecule has 2 N–H and O–H groups in total. The van der Waals surface area contributed by atoms with Crippen LogP contribution < -0.4 is 10.6 Å². The van der Waals surface area contributed by atoms with E-state index in [2.05, 4.69) is 10.6 Å². The van der Waals surface area contributed by atoms with Crippen LogP contribution in [0.2, 0.25) is 10.0 Å². The van der Waals surface area contributed by atoms with Gasteiger partial charge >= 0.3 is 0 Å². The lowest BCUT2D eigenvalue weighted by Crippen LogP contribution is -2.55. The Kier molecular flexibility index (Phi) is 8.34. The molecule has 8 heteroatoms. The monoisotopic (exact) mass is 515 g/mol. The van der Waals surface area contributed by atoms with E-state index >= 15 is 0 Å². The standard InChI is InChI=1S/C27H31Cl2N3O3/c1-17-6-2-3-7-20(17)26(34)31-24-9-5-4-8-23(24)30-25(33)18-12-14-32(15-13-18)27(35)21-11-10-19(28)16-22(21)29/h2-3,6-7,10-11,16,18,23-24H,4-5,8-9,12-15H2,1H3,(H,30,33)(H,31,34)/t23-,24-/m1/s1. The number of amides is 3. The molecule has 0 unspecified atom stereocenters. The second-order valence-corrected chi connectivity index (χ2v) is 10.3. The molecule has 2 aliphatic rings. The van der Waals surface area contributed by atoms with E-state index in [1.54, 1.807) is 23.1 Å². The zero-order valence-electron chi connectivity index (χ0n) is 19.9. The Balaban J connectivity index is 1.32. The van der Waals surface area contributed by atoms with Gasteiger partial charge in [0.2, 0.25) is 5.91 Å². The van der Waals surface area contributed by atoms with Crippen LogP contribution in [0.4, 0.5) is 0 Å². The van der Waals surface area contributed by atoms with Gasteiger partial charge in [0.25, 0.3) is 11.8 Å². The number of aryl methyl sites for hydroxylation is 1. The first kappa shape index (κ1) is 25.5. The average molecular weight is 516 g/mol. The lowest BCUT2D eigenvalue weighted by atomic mass is 9.88. The molecule has 3 amide bonds. The highest BCUT2D eigenvalue weighted by atomic mass is 35.5. The first-order valence-electron chi connectivity index (χ1n) is 12.2. The summed E-state index contributed by atoms with van der Waals surface area (Å²) in [7, 11) is 0. The second kappa shape index (κ2) is 11.4. The summed E-state index contributed by atoms with van der Waals surface area (Å²) in [6.45, 7) is 2.91. The largest absolute Gasteiger partial charge is 0.351 e. The second-order valence-electron chi connectivity index (χ2n) is 9.49. The fourth-order valence-corrected chi connectivity index (χ4v) is 5.52. The van der Waals surface area contributed by atoms with Gasteiger partial charge in [0.1, 0.15) is 0 Å². The first-order valence-corrected chi connectivity index (χ1v) is 13.0. The molecule has 1 aliphatic heterocycles. The number of nitrogens with one attached hydrogen (secondary N) is 2. The van der Waals surface area contributed by atoms with Crippen LogP contribution in [0.5, 0.6) is 0 Å². The van der Waals surface area contributed by atoms with Crippen LogP contribution in [0.25, 0.3) is 0 Å². The molecule has 2 aromatic carbocycles. The predicted octanol–water partition coefficient (Wildman–Crippen LogP) is 5.01. The molecule has 1 saturated carbocycles. The summed E-state index contributed by atoms with van der Waals surface area (Å²) < 4.78 is 0. The molecule has 0 radical (unpaired) electrons. The number of hydrogen-bond donors (Lipinski definition) is 2. The van der Waals surface area contributed by atoms with E-state index < -0.39 is 0 Å². The minimum atomic E-state index is -0.158. The van der Waals surface area contributed by atoms with Crippen LogP contribution in [0, 0.1) is 12.8 Å². The zero-order chi connectivity index (χ0) is 24.9. The van der Waals surface area contributed by atoms with Gasteiger partial charge < -0.3 is 15.5 Å². The van der Waals surface area contributed by atoms with E-state index in [4.69, 9.17) is 23.2 Å². The normalized spacial score (nSPS) is 20.8. The van der Waals surface area contributed by atoms with Crippen LogP contribution in [-0.4, -0.2) is 47.8 Å². The maximum Gasteiger partial charge on any atom is 0.255 e. The fourth-order valence-electron chi connectivity index (χ4n) is 5.03. The van der Waals surface area contributed by atoms with Gasteiger partial charge in [-0.3, -0.25) is 14.4 Å². The van der Waals surface area contributed by atoms with Crippen molar-refractivity contribution >= 4 is 40.9 Å². The third-order valence-corrected chi connectivity index (χ3v) is 7.66. The highest BCUT2D eigenvalue weighted by Crippen LogP contribution is 2.26. The van der Waals surface area contributed by atoms with Crippen LogP contribution in [0.1, 0.15) is 64.8 Å². The molecule has 0 bridgehead atoms. The Morgan fingerprint density at radius 1 is 0.857 bits per heavy atom. The van der Waals surface area contributed by atoms with E-state index in [9.17, 15) is 14.4 Å². The van der Waals surface area contributed by atoms with Gasteiger partial charge in [-0.2, -0.15) is 0 Å². The Labute approximate surface area is 216 Å². The molecule has 6 nitrogen and oxygen atoms in total. The molecule has 2 fully saturated rings. The van der Waals surface area contributed by atoms with E-state index in [1.807, 2.05) is 31.2 Å². The van der Waals surface area contributed by atoms with E-state index in [-0.39, 0.29) is 35.7 Å². The van der Waals surface area contributed by atoms with Gasteiger partial charge in [0.05, 0.1) is 10.6 Å². The van der Waals surface area contributed by atoms with E-state index in [0.29, 0.717) is 47.1 Å². The van der Waals surface area contributed by atoms with E-state index in [0.717, 1.165) is 31.2 Å². The minimum Gasteiger partial charge on any atom is -0.351 e. The van der Waals surface area contributed by atoms with Crippen molar-refractivity contribution in [3.05, 3.63) is 69.2 Å². The summed E-state index contributed by atoms with van der Waals surface area (Å²) in [6, 6.07) is 12.2. The highest BCUT2D eigenvalue weighted by Gasteiger charge is 2.33. The number of halogens is 2. The molecule has 1 saturated heterocycles. The van der Waals surface area contributed by atoms with Gasteiger partial charge in [0.15, 0.2) is 0 Å². The molecule has 1 aliphatic carbocycles. The fraction of sp³-hybridized carbons (Fsp3) is 0.444. The third-order valence-electron chi connectivity index (χ3n) is 7.11. The minimum absolute atomic E-state index is 0.00339. The maximum absolute atomic E-state index is 13.1. The summed E-state index contributed by atoms with van der Waals surface area (Å²) in [5.41, 5.74) is 2.02. The van der Waals surface area contributed by atoms with Crippen LogP contribution in [0.15, 0.2) is 42.5 Å². The lowest BCUT2D eigenvalue weighted by Gasteiger charge is -2.36. The Morgan fingerprint density at radius 3 is 2.17 bits per heavy atom. The van der Waals surface area contributed by atoms with Crippen molar-refractivity contribution in [3.63, 3.8) is 0 Å². The molecule has 2 atom stereocenters. The molecule has 2 aromatic rings. The van der Waals surface area contributed by atoms with Crippen LogP contribution in [0.3, 0.4) is 0 Å². The van der Waals surface area contributed by atoms with Crippen molar-refractivity contribution in [3.8, 4) is 0 Å². The molecule has 4 rings (SSSR count). The molecule has 0 aromatic heterocycles. The number of carbonyl (C=O) groups is 3. The Bertz CT molecular complexity index is 1100. The predicted molar refractivity (Wildman–Crippen MR) is 138 cm³/mol. The summed E-state index contributed by atoms with van der Waals surface area (Å²) in [6.07, 6.45) is 4.93. The Hall–Kier alpha value is -2.57. The smallest absolute Gasteiger partial charge is 0.255 e. The van der Waals surface area contributed by atoms with Gasteiger partial charge in [-0.05, 0) is 62.4 Å². The van der Waals surface area contributed by atoms with E-state index in [1.165, 1.54) is 0 Å². The Morgan fingerprint density at radius 2 is 1.51 bits per heavy atom. The number of benzene rings is 2. The molecule has 186 valence electrons. The van der Waals surface area contributed by atoms with Crippen molar-refractivity contribution in [1.82, 2.24) is 15.5 Å². The molecule has 0 spiro atoms. The number of rotatable bonds is 5. The average Bonchev–Trinajstić information content (AvgIpc) is 2.85. The number of likely N-dealkylation sites (tertiary alicyclic amines) is 1. The van der Waals surface area contributed by atoms with Gasteiger partial charge in [-0.15, -0.1) is 0 Å².